The number of hydrogen-bond acceptors (Lipinski definition) is 4. The molecule has 2 atom stereocenters. The smallest absolute Gasteiger partial charge is 0.257 e. The molecule has 0 radical (unpaired) electrons. The minimum Gasteiger partial charge on any atom is -0.466 e. The minimum atomic E-state index is 0.0313. The highest BCUT2D eigenvalue weighted by atomic mass is 16.3. The molecule has 1 saturated heterocycles. The van der Waals surface area contributed by atoms with E-state index in [1.807, 2.05) is 44.1 Å². The van der Waals surface area contributed by atoms with Gasteiger partial charge in [0, 0.05) is 32.0 Å². The van der Waals surface area contributed by atoms with Crippen LogP contribution in [0.5, 0.6) is 0 Å². The number of aromatic nitrogens is 1. The van der Waals surface area contributed by atoms with Crippen LogP contribution in [0.4, 0.5) is 0 Å². The lowest BCUT2D eigenvalue weighted by Crippen LogP contribution is -2.34. The summed E-state index contributed by atoms with van der Waals surface area (Å²) in [6.07, 6.45) is 4.81. The SMILES string of the molecule is Cc1cc(C(=O)N(C)C[C@@H]2CCN(C)[C@H]2c2cccnc2)c(C)o1. The topological polar surface area (TPSA) is 49.6 Å². The zero-order valence-corrected chi connectivity index (χ0v) is 14.8. The van der Waals surface area contributed by atoms with Crippen LogP contribution in [0.2, 0.25) is 0 Å². The molecule has 1 aliphatic heterocycles. The second-order valence-corrected chi connectivity index (χ2v) is 6.77. The van der Waals surface area contributed by atoms with E-state index in [1.165, 1.54) is 5.56 Å². The summed E-state index contributed by atoms with van der Waals surface area (Å²) in [5.41, 5.74) is 1.89. The van der Waals surface area contributed by atoms with Gasteiger partial charge in [-0.2, -0.15) is 0 Å². The zero-order chi connectivity index (χ0) is 17.3. The van der Waals surface area contributed by atoms with Gasteiger partial charge in [-0.05, 0) is 57.5 Å². The first-order valence-electron chi connectivity index (χ1n) is 8.40. The second kappa shape index (κ2) is 6.77. The van der Waals surface area contributed by atoms with Crippen molar-refractivity contribution < 1.29 is 9.21 Å². The van der Waals surface area contributed by atoms with Gasteiger partial charge < -0.3 is 9.32 Å². The van der Waals surface area contributed by atoms with E-state index in [2.05, 4.69) is 23.0 Å². The molecule has 0 spiro atoms. The molecule has 0 N–H and O–H groups in total. The lowest BCUT2D eigenvalue weighted by atomic mass is 9.94. The minimum absolute atomic E-state index is 0.0313. The van der Waals surface area contributed by atoms with Crippen molar-refractivity contribution in [1.82, 2.24) is 14.8 Å². The molecule has 3 rings (SSSR count). The van der Waals surface area contributed by atoms with Gasteiger partial charge in [0.05, 0.1) is 5.56 Å². The monoisotopic (exact) mass is 327 g/mol. The van der Waals surface area contributed by atoms with Gasteiger partial charge in [0.15, 0.2) is 0 Å². The maximum atomic E-state index is 12.7. The highest BCUT2D eigenvalue weighted by Crippen LogP contribution is 2.36. The molecule has 3 heterocycles. The van der Waals surface area contributed by atoms with Crippen molar-refractivity contribution in [2.45, 2.75) is 26.3 Å². The van der Waals surface area contributed by atoms with E-state index in [1.54, 1.807) is 6.20 Å². The van der Waals surface area contributed by atoms with Gasteiger partial charge in [-0.15, -0.1) is 0 Å². The molecule has 0 aromatic carbocycles. The van der Waals surface area contributed by atoms with Crippen LogP contribution < -0.4 is 0 Å². The van der Waals surface area contributed by atoms with Gasteiger partial charge in [-0.3, -0.25) is 14.7 Å². The number of carbonyl (C=O) groups is 1. The lowest BCUT2D eigenvalue weighted by molar-refractivity contribution is 0.0759. The van der Waals surface area contributed by atoms with Crippen LogP contribution in [0.25, 0.3) is 0 Å². The Morgan fingerprint density at radius 3 is 2.88 bits per heavy atom. The molecular formula is C19H25N3O2. The summed E-state index contributed by atoms with van der Waals surface area (Å²) in [6, 6.07) is 6.23. The summed E-state index contributed by atoms with van der Waals surface area (Å²) in [6.45, 7) is 5.48. The fraction of sp³-hybridized carbons (Fsp3) is 0.474. The Hall–Kier alpha value is -2.14. The molecule has 2 aromatic rings. The summed E-state index contributed by atoms with van der Waals surface area (Å²) >= 11 is 0. The number of amides is 1. The molecule has 2 aromatic heterocycles. The van der Waals surface area contributed by atoms with Crippen molar-refractivity contribution in [2.75, 3.05) is 27.2 Å². The maximum Gasteiger partial charge on any atom is 0.257 e. The second-order valence-electron chi connectivity index (χ2n) is 6.77. The van der Waals surface area contributed by atoms with Crippen LogP contribution in [0.3, 0.4) is 0 Å². The summed E-state index contributed by atoms with van der Waals surface area (Å²) in [7, 11) is 4.02. The predicted octanol–water partition coefficient (Wildman–Crippen LogP) is 3.06. The Morgan fingerprint density at radius 1 is 1.46 bits per heavy atom. The third-order valence-corrected chi connectivity index (χ3v) is 4.93. The molecule has 0 bridgehead atoms. The summed E-state index contributed by atoms with van der Waals surface area (Å²) in [5.74, 6) is 1.90. The average molecular weight is 327 g/mol. The van der Waals surface area contributed by atoms with Gasteiger partial charge in [-0.25, -0.2) is 0 Å². The molecule has 24 heavy (non-hydrogen) atoms. The van der Waals surface area contributed by atoms with Crippen molar-refractivity contribution >= 4 is 5.91 Å². The van der Waals surface area contributed by atoms with E-state index >= 15 is 0 Å². The highest BCUT2D eigenvalue weighted by molar-refractivity contribution is 5.95. The third kappa shape index (κ3) is 3.22. The molecule has 5 heteroatoms. The molecule has 1 amide bonds. The van der Waals surface area contributed by atoms with E-state index in [0.29, 0.717) is 23.3 Å². The third-order valence-electron chi connectivity index (χ3n) is 4.93. The lowest BCUT2D eigenvalue weighted by Gasteiger charge is -2.28. The summed E-state index contributed by atoms with van der Waals surface area (Å²) < 4.78 is 5.50. The van der Waals surface area contributed by atoms with Gasteiger partial charge in [0.1, 0.15) is 11.5 Å². The number of aryl methyl sites for hydroxylation is 2. The number of likely N-dealkylation sites (tertiary alicyclic amines) is 1. The largest absolute Gasteiger partial charge is 0.466 e. The maximum absolute atomic E-state index is 12.7. The Balaban J connectivity index is 1.74. The standard InChI is InChI=1S/C19H25N3O2/c1-13-10-17(14(2)24-13)19(23)22(4)12-16-7-9-21(3)18(16)15-6-5-8-20-11-15/h5-6,8,10-11,16,18H,7,9,12H2,1-4H3/t16-,18-/m0/s1. The number of furan rings is 1. The van der Waals surface area contributed by atoms with Crippen LogP contribution in [-0.4, -0.2) is 47.9 Å². The normalized spacial score (nSPS) is 21.2. The Labute approximate surface area is 143 Å². The van der Waals surface area contributed by atoms with Crippen LogP contribution in [0.15, 0.2) is 35.0 Å². The summed E-state index contributed by atoms with van der Waals surface area (Å²) in [5, 5.41) is 0. The highest BCUT2D eigenvalue weighted by Gasteiger charge is 2.34. The first kappa shape index (κ1) is 16.7. The molecular weight excluding hydrogens is 302 g/mol. The van der Waals surface area contributed by atoms with Crippen LogP contribution >= 0.6 is 0 Å². The Bertz CT molecular complexity index is 711. The van der Waals surface area contributed by atoms with Crippen molar-refractivity contribution in [2.24, 2.45) is 5.92 Å². The van der Waals surface area contributed by atoms with E-state index in [9.17, 15) is 4.79 Å². The van der Waals surface area contributed by atoms with E-state index < -0.39 is 0 Å². The van der Waals surface area contributed by atoms with Crippen molar-refractivity contribution in [3.8, 4) is 0 Å². The Morgan fingerprint density at radius 2 is 2.25 bits per heavy atom. The zero-order valence-electron chi connectivity index (χ0n) is 14.8. The first-order valence-corrected chi connectivity index (χ1v) is 8.40. The van der Waals surface area contributed by atoms with Crippen LogP contribution in [0, 0.1) is 19.8 Å². The number of rotatable bonds is 4. The molecule has 128 valence electrons. The molecule has 1 aliphatic rings. The quantitative estimate of drug-likeness (QED) is 0.866. The van der Waals surface area contributed by atoms with Crippen molar-refractivity contribution in [3.63, 3.8) is 0 Å². The first-order chi connectivity index (χ1) is 11.5. The van der Waals surface area contributed by atoms with Gasteiger partial charge >= 0.3 is 0 Å². The van der Waals surface area contributed by atoms with Crippen molar-refractivity contribution in [3.05, 3.63) is 53.2 Å². The molecule has 1 fully saturated rings. The van der Waals surface area contributed by atoms with Gasteiger partial charge in [0.2, 0.25) is 0 Å². The number of hydrogen-bond donors (Lipinski definition) is 0. The van der Waals surface area contributed by atoms with E-state index in [4.69, 9.17) is 4.42 Å². The molecule has 5 nitrogen and oxygen atoms in total. The average Bonchev–Trinajstić information content (AvgIpc) is 3.09. The fourth-order valence-electron chi connectivity index (χ4n) is 3.78. The van der Waals surface area contributed by atoms with Gasteiger partial charge in [0.25, 0.3) is 5.91 Å². The fourth-order valence-corrected chi connectivity index (χ4v) is 3.78. The van der Waals surface area contributed by atoms with Crippen molar-refractivity contribution in [1.29, 1.82) is 0 Å². The van der Waals surface area contributed by atoms with E-state index in [0.717, 1.165) is 25.3 Å². The Kier molecular flexibility index (Phi) is 4.71. The van der Waals surface area contributed by atoms with Gasteiger partial charge in [-0.1, -0.05) is 6.07 Å². The molecule has 0 unspecified atom stereocenters. The van der Waals surface area contributed by atoms with Crippen LogP contribution in [0.1, 0.15) is 39.9 Å². The number of pyridine rings is 1. The molecule has 0 aliphatic carbocycles. The van der Waals surface area contributed by atoms with E-state index in [-0.39, 0.29) is 5.91 Å². The summed E-state index contributed by atoms with van der Waals surface area (Å²) in [4.78, 5) is 21.2. The predicted molar refractivity (Wildman–Crippen MR) is 92.9 cm³/mol. The van der Waals surface area contributed by atoms with Crippen LogP contribution in [-0.2, 0) is 0 Å². The molecule has 0 saturated carbocycles. The number of nitrogens with zero attached hydrogens (tertiary/aromatic N) is 3. The number of carbonyl (C=O) groups excluding carboxylic acids is 1.